The van der Waals surface area contributed by atoms with Crippen LogP contribution >= 0.6 is 10.7 Å². The Labute approximate surface area is 97.8 Å². The van der Waals surface area contributed by atoms with Gasteiger partial charge in [0.25, 0.3) is 9.05 Å². The molecule has 88 valence electrons. The lowest BCUT2D eigenvalue weighted by Gasteiger charge is -2.10. The van der Waals surface area contributed by atoms with Crippen molar-refractivity contribution >= 4 is 19.7 Å². The van der Waals surface area contributed by atoms with Gasteiger partial charge in [0.15, 0.2) is 0 Å². The van der Waals surface area contributed by atoms with E-state index < -0.39 is 9.05 Å². The van der Waals surface area contributed by atoms with Crippen LogP contribution < -0.4 is 4.74 Å². The Balaban J connectivity index is 2.07. The molecule has 1 fully saturated rings. The molecule has 0 aromatic carbocycles. The quantitative estimate of drug-likeness (QED) is 0.766. The maximum Gasteiger partial charge on any atom is 0.262 e. The van der Waals surface area contributed by atoms with Gasteiger partial charge in [-0.25, -0.2) is 13.4 Å². The Kier molecular flexibility index (Phi) is 3.32. The van der Waals surface area contributed by atoms with Gasteiger partial charge in [-0.2, -0.15) is 0 Å². The number of hydrogen-bond donors (Lipinski definition) is 0. The smallest absolute Gasteiger partial charge is 0.262 e. The Morgan fingerprint density at radius 3 is 2.81 bits per heavy atom. The van der Waals surface area contributed by atoms with Gasteiger partial charge in [0, 0.05) is 23.2 Å². The van der Waals surface area contributed by atoms with Gasteiger partial charge in [-0.05, 0) is 6.07 Å². The molecule has 7 heteroatoms. The predicted molar refractivity (Wildman–Crippen MR) is 57.1 cm³/mol. The minimum absolute atomic E-state index is 0.00837. The SMILES string of the molecule is O=S(=O)(Cl)c1ccc(OC2CCOC2)nc1. The molecule has 0 N–H and O–H groups in total. The van der Waals surface area contributed by atoms with Crippen LogP contribution in [0.5, 0.6) is 5.88 Å². The largest absolute Gasteiger partial charge is 0.472 e. The molecule has 0 bridgehead atoms. The van der Waals surface area contributed by atoms with Crippen molar-refractivity contribution < 1.29 is 17.9 Å². The summed E-state index contributed by atoms with van der Waals surface area (Å²) in [5.74, 6) is 0.375. The molecule has 1 unspecified atom stereocenters. The fraction of sp³-hybridized carbons (Fsp3) is 0.444. The van der Waals surface area contributed by atoms with Crippen molar-refractivity contribution in [2.75, 3.05) is 13.2 Å². The molecule has 1 aliphatic rings. The Morgan fingerprint density at radius 1 is 1.50 bits per heavy atom. The summed E-state index contributed by atoms with van der Waals surface area (Å²) in [6.07, 6.45) is 1.98. The highest BCUT2D eigenvalue weighted by atomic mass is 35.7. The second-order valence-corrected chi connectivity index (χ2v) is 5.94. The van der Waals surface area contributed by atoms with Gasteiger partial charge in [-0.1, -0.05) is 0 Å². The van der Waals surface area contributed by atoms with Crippen molar-refractivity contribution in [1.82, 2.24) is 4.98 Å². The number of nitrogens with zero attached hydrogens (tertiary/aromatic N) is 1. The van der Waals surface area contributed by atoms with Gasteiger partial charge in [0.1, 0.15) is 11.0 Å². The van der Waals surface area contributed by atoms with Crippen molar-refractivity contribution in [2.24, 2.45) is 0 Å². The highest BCUT2D eigenvalue weighted by Gasteiger charge is 2.18. The van der Waals surface area contributed by atoms with E-state index >= 15 is 0 Å². The van der Waals surface area contributed by atoms with Crippen molar-refractivity contribution in [1.29, 1.82) is 0 Å². The minimum Gasteiger partial charge on any atom is -0.472 e. The Hall–Kier alpha value is -0.850. The van der Waals surface area contributed by atoms with Crippen LogP contribution in [0.2, 0.25) is 0 Å². The van der Waals surface area contributed by atoms with E-state index in [1.807, 2.05) is 0 Å². The molecule has 0 radical (unpaired) electrons. The second kappa shape index (κ2) is 4.57. The number of pyridine rings is 1. The van der Waals surface area contributed by atoms with Crippen LogP contribution in [0.1, 0.15) is 6.42 Å². The van der Waals surface area contributed by atoms with Crippen molar-refractivity contribution in [2.45, 2.75) is 17.4 Å². The van der Waals surface area contributed by atoms with Gasteiger partial charge >= 0.3 is 0 Å². The fourth-order valence-corrected chi connectivity index (χ4v) is 2.04. The van der Waals surface area contributed by atoms with Gasteiger partial charge in [0.05, 0.1) is 19.4 Å². The molecule has 5 nitrogen and oxygen atoms in total. The number of ether oxygens (including phenoxy) is 2. The van der Waals surface area contributed by atoms with E-state index in [0.29, 0.717) is 19.1 Å². The van der Waals surface area contributed by atoms with Crippen molar-refractivity contribution in [3.05, 3.63) is 18.3 Å². The van der Waals surface area contributed by atoms with Crippen molar-refractivity contribution in [3.8, 4) is 5.88 Å². The Bertz CT molecular complexity index is 453. The molecule has 0 spiro atoms. The summed E-state index contributed by atoms with van der Waals surface area (Å²) in [5.41, 5.74) is 0. The molecular formula is C9H10ClNO4S. The third kappa shape index (κ3) is 2.84. The zero-order chi connectivity index (χ0) is 11.6. The van der Waals surface area contributed by atoms with Crippen LogP contribution in [0.15, 0.2) is 23.2 Å². The van der Waals surface area contributed by atoms with Crippen molar-refractivity contribution in [3.63, 3.8) is 0 Å². The maximum absolute atomic E-state index is 11.0. The topological polar surface area (TPSA) is 65.5 Å². The summed E-state index contributed by atoms with van der Waals surface area (Å²) >= 11 is 0. The second-order valence-electron chi connectivity index (χ2n) is 3.37. The van der Waals surface area contributed by atoms with E-state index in [2.05, 4.69) is 4.98 Å². The van der Waals surface area contributed by atoms with Crippen LogP contribution in [0.25, 0.3) is 0 Å². The fourth-order valence-electron chi connectivity index (χ4n) is 1.36. The van der Waals surface area contributed by atoms with Crippen LogP contribution in [0, 0.1) is 0 Å². The molecule has 16 heavy (non-hydrogen) atoms. The molecule has 1 saturated heterocycles. The molecular weight excluding hydrogens is 254 g/mol. The molecule has 1 aromatic rings. The monoisotopic (exact) mass is 263 g/mol. The van der Waals surface area contributed by atoms with E-state index in [-0.39, 0.29) is 11.0 Å². The maximum atomic E-state index is 11.0. The first-order valence-electron chi connectivity index (χ1n) is 4.71. The first-order chi connectivity index (χ1) is 7.55. The normalized spacial score (nSPS) is 20.9. The number of hydrogen-bond acceptors (Lipinski definition) is 5. The first kappa shape index (κ1) is 11.6. The molecule has 1 aromatic heterocycles. The summed E-state index contributed by atoms with van der Waals surface area (Å²) in [5, 5.41) is 0. The lowest BCUT2D eigenvalue weighted by atomic mass is 10.3. The summed E-state index contributed by atoms with van der Waals surface area (Å²) in [6, 6.07) is 2.84. The van der Waals surface area contributed by atoms with E-state index in [9.17, 15) is 8.42 Å². The number of halogens is 1. The standard InChI is InChI=1S/C9H10ClNO4S/c10-16(12,13)8-1-2-9(11-5-8)15-7-3-4-14-6-7/h1-2,5,7H,3-4,6H2. The number of rotatable bonds is 3. The summed E-state index contributed by atoms with van der Waals surface area (Å²) in [4.78, 5) is 3.83. The molecule has 1 atom stereocenters. The minimum atomic E-state index is -3.72. The molecule has 0 aliphatic carbocycles. The summed E-state index contributed by atoms with van der Waals surface area (Å²) < 4.78 is 32.5. The summed E-state index contributed by atoms with van der Waals surface area (Å²) in [6.45, 7) is 1.22. The zero-order valence-corrected chi connectivity index (χ0v) is 9.87. The van der Waals surface area contributed by atoms with E-state index in [1.165, 1.54) is 18.3 Å². The molecule has 1 aliphatic heterocycles. The van der Waals surface area contributed by atoms with Gasteiger partial charge in [-0.3, -0.25) is 0 Å². The van der Waals surface area contributed by atoms with Gasteiger partial charge in [-0.15, -0.1) is 0 Å². The lowest BCUT2D eigenvalue weighted by molar-refractivity contribution is 0.138. The van der Waals surface area contributed by atoms with E-state index in [1.54, 1.807) is 0 Å². The van der Waals surface area contributed by atoms with Crippen LogP contribution in [0.3, 0.4) is 0 Å². The molecule has 0 saturated carbocycles. The molecule has 2 heterocycles. The molecule has 2 rings (SSSR count). The zero-order valence-electron chi connectivity index (χ0n) is 8.30. The third-order valence-electron chi connectivity index (χ3n) is 2.17. The van der Waals surface area contributed by atoms with Crippen LogP contribution in [-0.2, 0) is 13.8 Å². The third-order valence-corrected chi connectivity index (χ3v) is 3.51. The first-order valence-corrected chi connectivity index (χ1v) is 7.02. The van der Waals surface area contributed by atoms with E-state index in [4.69, 9.17) is 20.2 Å². The predicted octanol–water partition coefficient (Wildman–Crippen LogP) is 1.18. The average Bonchev–Trinajstić information content (AvgIpc) is 2.70. The average molecular weight is 264 g/mol. The molecule has 0 amide bonds. The Morgan fingerprint density at radius 2 is 2.31 bits per heavy atom. The van der Waals surface area contributed by atoms with Gasteiger partial charge < -0.3 is 9.47 Å². The number of aromatic nitrogens is 1. The summed E-state index contributed by atoms with van der Waals surface area (Å²) in [7, 11) is 1.44. The highest BCUT2D eigenvalue weighted by molar-refractivity contribution is 8.13. The van der Waals surface area contributed by atoms with Crippen LogP contribution in [0.4, 0.5) is 0 Å². The van der Waals surface area contributed by atoms with E-state index in [0.717, 1.165) is 6.42 Å². The van der Waals surface area contributed by atoms with Gasteiger partial charge in [0.2, 0.25) is 5.88 Å². The highest BCUT2D eigenvalue weighted by Crippen LogP contribution is 2.18. The lowest BCUT2D eigenvalue weighted by Crippen LogP contribution is -2.16. The van der Waals surface area contributed by atoms with Crippen LogP contribution in [-0.4, -0.2) is 32.7 Å².